The molecule has 5 nitrogen and oxygen atoms in total. The predicted octanol–water partition coefficient (Wildman–Crippen LogP) is 10.3. The van der Waals surface area contributed by atoms with Crippen molar-refractivity contribution in [3.05, 3.63) is 164 Å². The Morgan fingerprint density at radius 2 is 0.915 bits per heavy atom. The normalized spacial score (nSPS) is 11.8. The molecule has 5 heteroatoms. The Bertz CT molecular complexity index is 2670. The molecule has 4 heterocycles. The lowest BCUT2D eigenvalue weighted by atomic mass is 10.1. The van der Waals surface area contributed by atoms with Gasteiger partial charge in [0, 0.05) is 33.0 Å². The molecule has 0 fully saturated rings. The van der Waals surface area contributed by atoms with E-state index in [0.717, 1.165) is 55.8 Å². The van der Waals surface area contributed by atoms with E-state index < -0.39 is 0 Å². The third-order valence-corrected chi connectivity index (χ3v) is 9.25. The van der Waals surface area contributed by atoms with E-state index in [1.54, 1.807) is 0 Å². The Morgan fingerprint density at radius 1 is 0.383 bits per heavy atom. The van der Waals surface area contributed by atoms with Gasteiger partial charge in [0.25, 0.3) is 0 Å². The second-order valence-electron chi connectivity index (χ2n) is 11.9. The number of nitrogens with zero attached hydrogens (tertiary/aromatic N) is 5. The minimum Gasteiger partial charge on any atom is -0.309 e. The lowest BCUT2D eigenvalue weighted by Gasteiger charge is -2.10. The average Bonchev–Trinajstić information content (AvgIpc) is 3.79. The number of fused-ring (bicyclic) bond motifs is 8. The second-order valence-corrected chi connectivity index (χ2v) is 11.9. The van der Waals surface area contributed by atoms with Gasteiger partial charge in [-0.2, -0.15) is 0 Å². The van der Waals surface area contributed by atoms with Crippen molar-refractivity contribution in [2.45, 2.75) is 0 Å². The number of imidazole rings is 1. The zero-order valence-corrected chi connectivity index (χ0v) is 25.3. The number of hydrogen-bond donors (Lipinski definition) is 0. The van der Waals surface area contributed by atoms with Crippen LogP contribution in [0.4, 0.5) is 0 Å². The highest BCUT2D eigenvalue weighted by atomic mass is 15.2. The SMILES string of the molecule is c1ccc(-c2cc(-c3ccccc3)nc(-n3c4ccccc4n4c5cc(-n6c7ccccc7c7ccccc76)ccc5cc34)n2)cc1. The van der Waals surface area contributed by atoms with Gasteiger partial charge in [-0.25, -0.2) is 9.97 Å². The third kappa shape index (κ3) is 3.90. The van der Waals surface area contributed by atoms with Gasteiger partial charge in [-0.05, 0) is 48.5 Å². The molecule has 0 amide bonds. The van der Waals surface area contributed by atoms with Crippen LogP contribution in [0.1, 0.15) is 0 Å². The van der Waals surface area contributed by atoms with Crippen LogP contribution in [0.3, 0.4) is 0 Å². The van der Waals surface area contributed by atoms with Crippen LogP contribution in [-0.2, 0) is 0 Å². The van der Waals surface area contributed by atoms with Crippen LogP contribution in [0.25, 0.3) is 83.5 Å². The van der Waals surface area contributed by atoms with Crippen LogP contribution in [-0.4, -0.2) is 23.5 Å². The molecule has 0 saturated carbocycles. The third-order valence-electron chi connectivity index (χ3n) is 9.25. The summed E-state index contributed by atoms with van der Waals surface area (Å²) < 4.78 is 6.93. The first-order chi connectivity index (χ1) is 23.3. The number of benzene rings is 6. The number of rotatable bonds is 4. The van der Waals surface area contributed by atoms with Crippen molar-refractivity contribution in [1.82, 2.24) is 23.5 Å². The molecule has 10 rings (SSSR count). The van der Waals surface area contributed by atoms with E-state index >= 15 is 0 Å². The summed E-state index contributed by atoms with van der Waals surface area (Å²) in [5.74, 6) is 0.641. The molecule has 0 aliphatic rings. The van der Waals surface area contributed by atoms with Crippen molar-refractivity contribution < 1.29 is 0 Å². The van der Waals surface area contributed by atoms with E-state index in [0.29, 0.717) is 5.95 Å². The Kier molecular flexibility index (Phi) is 5.51. The van der Waals surface area contributed by atoms with E-state index in [1.807, 2.05) is 12.1 Å². The van der Waals surface area contributed by atoms with Crippen LogP contribution >= 0.6 is 0 Å². The smallest absolute Gasteiger partial charge is 0.237 e. The average molecular weight is 602 g/mol. The molecule has 0 radical (unpaired) electrons. The van der Waals surface area contributed by atoms with Crippen molar-refractivity contribution in [1.29, 1.82) is 0 Å². The van der Waals surface area contributed by atoms with Gasteiger partial charge in [0.05, 0.1) is 39.0 Å². The molecule has 0 atom stereocenters. The van der Waals surface area contributed by atoms with Gasteiger partial charge >= 0.3 is 0 Å². The van der Waals surface area contributed by atoms with Gasteiger partial charge in [0.15, 0.2) is 0 Å². The highest BCUT2D eigenvalue weighted by molar-refractivity contribution is 6.09. The largest absolute Gasteiger partial charge is 0.309 e. The lowest BCUT2D eigenvalue weighted by Crippen LogP contribution is -2.04. The summed E-state index contributed by atoms with van der Waals surface area (Å²) in [7, 11) is 0. The molecule has 6 aromatic carbocycles. The standard InChI is InChI=1S/C42H27N5/c1-3-13-28(14-4-1)34-27-35(29-15-5-2-6-16-29)44-42(43-34)47-39-22-12-11-21-38(39)46-40-26-31(24-23-30(40)25-41(46)47)45-36-19-9-7-17-32(36)33-18-8-10-20-37(33)45/h1-27H. The van der Waals surface area contributed by atoms with Crippen LogP contribution < -0.4 is 0 Å². The van der Waals surface area contributed by atoms with Gasteiger partial charge in [-0.3, -0.25) is 8.97 Å². The quantitative estimate of drug-likeness (QED) is 0.201. The molecular weight excluding hydrogens is 574 g/mol. The minimum atomic E-state index is 0.641. The van der Waals surface area contributed by atoms with Gasteiger partial charge in [-0.1, -0.05) is 115 Å². The summed E-state index contributed by atoms with van der Waals surface area (Å²) in [5.41, 5.74) is 11.7. The number of aromatic nitrogens is 5. The van der Waals surface area contributed by atoms with Crippen molar-refractivity contribution in [3.8, 4) is 34.2 Å². The van der Waals surface area contributed by atoms with Crippen LogP contribution in [0.15, 0.2) is 164 Å². The van der Waals surface area contributed by atoms with Crippen molar-refractivity contribution in [2.24, 2.45) is 0 Å². The van der Waals surface area contributed by atoms with Gasteiger partial charge in [-0.15, -0.1) is 0 Å². The topological polar surface area (TPSA) is 40.0 Å². The van der Waals surface area contributed by atoms with Crippen molar-refractivity contribution in [2.75, 3.05) is 0 Å². The fraction of sp³-hybridized carbons (Fsp3) is 0. The molecule has 4 aromatic heterocycles. The highest BCUT2D eigenvalue weighted by Gasteiger charge is 2.20. The molecule has 47 heavy (non-hydrogen) atoms. The van der Waals surface area contributed by atoms with Gasteiger partial charge in [0.1, 0.15) is 5.65 Å². The fourth-order valence-corrected chi connectivity index (χ4v) is 7.16. The maximum atomic E-state index is 5.20. The first-order valence-electron chi connectivity index (χ1n) is 15.9. The van der Waals surface area contributed by atoms with E-state index in [1.165, 1.54) is 21.8 Å². The molecule has 220 valence electrons. The molecule has 0 spiro atoms. The van der Waals surface area contributed by atoms with E-state index in [2.05, 4.69) is 165 Å². The van der Waals surface area contributed by atoms with Crippen LogP contribution in [0.5, 0.6) is 0 Å². The second kappa shape index (κ2) is 10.0. The maximum absolute atomic E-state index is 5.20. The minimum absolute atomic E-state index is 0.641. The Balaban J connectivity index is 1.26. The zero-order valence-electron chi connectivity index (χ0n) is 25.3. The molecule has 0 bridgehead atoms. The fourth-order valence-electron chi connectivity index (χ4n) is 7.16. The first kappa shape index (κ1) is 25.8. The lowest BCUT2D eigenvalue weighted by molar-refractivity contribution is 0.986. The summed E-state index contributed by atoms with van der Waals surface area (Å²) in [6.07, 6.45) is 0. The molecule has 0 aliphatic carbocycles. The summed E-state index contributed by atoms with van der Waals surface area (Å²) in [4.78, 5) is 10.4. The molecule has 0 saturated heterocycles. The summed E-state index contributed by atoms with van der Waals surface area (Å²) in [6, 6.07) is 57.7. The molecular formula is C42H27N5. The number of para-hydroxylation sites is 4. The Hall–Kier alpha value is -6.46. The first-order valence-corrected chi connectivity index (χ1v) is 15.9. The predicted molar refractivity (Wildman–Crippen MR) is 193 cm³/mol. The maximum Gasteiger partial charge on any atom is 0.237 e. The zero-order chi connectivity index (χ0) is 30.9. The summed E-state index contributed by atoms with van der Waals surface area (Å²) in [5, 5.41) is 3.67. The summed E-state index contributed by atoms with van der Waals surface area (Å²) >= 11 is 0. The number of hydrogen-bond acceptors (Lipinski definition) is 2. The molecule has 0 N–H and O–H groups in total. The van der Waals surface area contributed by atoms with Crippen molar-refractivity contribution >= 4 is 49.4 Å². The van der Waals surface area contributed by atoms with Gasteiger partial charge < -0.3 is 4.57 Å². The monoisotopic (exact) mass is 601 g/mol. The van der Waals surface area contributed by atoms with E-state index in [-0.39, 0.29) is 0 Å². The summed E-state index contributed by atoms with van der Waals surface area (Å²) in [6.45, 7) is 0. The Labute approximate surface area is 270 Å². The highest BCUT2D eigenvalue weighted by Crippen LogP contribution is 2.36. The van der Waals surface area contributed by atoms with Crippen molar-refractivity contribution in [3.63, 3.8) is 0 Å². The molecule has 0 aliphatic heterocycles. The van der Waals surface area contributed by atoms with E-state index in [4.69, 9.17) is 9.97 Å². The van der Waals surface area contributed by atoms with Crippen LogP contribution in [0, 0.1) is 0 Å². The Morgan fingerprint density at radius 3 is 1.53 bits per heavy atom. The van der Waals surface area contributed by atoms with E-state index in [9.17, 15) is 0 Å². The molecule has 0 unspecified atom stereocenters. The van der Waals surface area contributed by atoms with Gasteiger partial charge in [0.2, 0.25) is 5.95 Å². The molecule has 10 aromatic rings. The van der Waals surface area contributed by atoms with Crippen LogP contribution in [0.2, 0.25) is 0 Å².